The summed E-state index contributed by atoms with van der Waals surface area (Å²) in [6.45, 7) is 5.97. The second-order valence-electron chi connectivity index (χ2n) is 9.62. The number of rotatable bonds is 8. The molecule has 5 rings (SSSR count). The molecular weight excluding hydrogens is 498 g/mol. The van der Waals surface area contributed by atoms with Crippen LogP contribution in [-0.2, 0) is 0 Å². The number of fused-ring (bicyclic) bond motifs is 1. The maximum atomic E-state index is 13.6. The third-order valence-corrected chi connectivity index (χ3v) is 6.60. The molecule has 0 saturated carbocycles. The van der Waals surface area contributed by atoms with Crippen LogP contribution in [0.4, 0.5) is 14.6 Å². The SMILES string of the molecule is C=N/C=C(\C=C(/C)CN1CCC(F)(F)C1)c1cnc(N)c(C(=N)c2cc3c(-c4ccccn4)nccc3[nH]2)c1. The number of aliphatic imine (C=N–C) groups is 1. The van der Waals surface area contributed by atoms with Gasteiger partial charge in [0.1, 0.15) is 5.82 Å². The molecule has 0 spiro atoms. The molecule has 4 aromatic heterocycles. The fraction of sp³-hybridized carbons (Fsp3) is 0.207. The first-order chi connectivity index (χ1) is 18.7. The summed E-state index contributed by atoms with van der Waals surface area (Å²) >= 11 is 0. The predicted octanol–water partition coefficient (Wildman–Crippen LogP) is 5.35. The largest absolute Gasteiger partial charge is 0.383 e. The molecule has 0 aliphatic carbocycles. The summed E-state index contributed by atoms with van der Waals surface area (Å²) in [6.07, 6.45) is 8.34. The molecule has 1 aliphatic heterocycles. The van der Waals surface area contributed by atoms with Gasteiger partial charge in [-0.3, -0.25) is 25.3 Å². The topological polar surface area (TPSA) is 120 Å². The van der Waals surface area contributed by atoms with E-state index in [2.05, 4.69) is 31.6 Å². The smallest absolute Gasteiger partial charge is 0.261 e. The van der Waals surface area contributed by atoms with Crippen molar-refractivity contribution in [1.29, 1.82) is 5.41 Å². The molecule has 4 aromatic rings. The third-order valence-electron chi connectivity index (χ3n) is 6.60. The van der Waals surface area contributed by atoms with E-state index in [1.807, 2.05) is 43.3 Å². The number of allylic oxidation sites excluding steroid dienone is 2. The summed E-state index contributed by atoms with van der Waals surface area (Å²) in [5.41, 5.74) is 11.9. The first-order valence-electron chi connectivity index (χ1n) is 12.4. The van der Waals surface area contributed by atoms with Crippen molar-refractivity contribution in [1.82, 2.24) is 24.8 Å². The zero-order chi connectivity index (χ0) is 27.6. The highest BCUT2D eigenvalue weighted by atomic mass is 19.3. The van der Waals surface area contributed by atoms with E-state index in [1.165, 1.54) is 0 Å². The third kappa shape index (κ3) is 5.65. The first-order valence-corrected chi connectivity index (χ1v) is 12.4. The summed E-state index contributed by atoms with van der Waals surface area (Å²) in [4.78, 5) is 22.2. The number of aromatic amines is 1. The molecule has 8 nitrogen and oxygen atoms in total. The number of hydrogen-bond acceptors (Lipinski definition) is 7. The average Bonchev–Trinajstić information content (AvgIpc) is 3.51. The van der Waals surface area contributed by atoms with Crippen LogP contribution in [0.25, 0.3) is 27.9 Å². The van der Waals surface area contributed by atoms with E-state index >= 15 is 0 Å². The van der Waals surface area contributed by atoms with Gasteiger partial charge < -0.3 is 10.7 Å². The van der Waals surface area contributed by atoms with Gasteiger partial charge >= 0.3 is 0 Å². The van der Waals surface area contributed by atoms with E-state index in [0.29, 0.717) is 41.2 Å². The molecule has 1 saturated heterocycles. The van der Waals surface area contributed by atoms with Crippen LogP contribution in [0.15, 0.2) is 77.8 Å². The highest BCUT2D eigenvalue weighted by Gasteiger charge is 2.37. The van der Waals surface area contributed by atoms with Crippen molar-refractivity contribution < 1.29 is 8.78 Å². The van der Waals surface area contributed by atoms with Crippen molar-refractivity contribution in [2.24, 2.45) is 4.99 Å². The van der Waals surface area contributed by atoms with Crippen LogP contribution in [0.2, 0.25) is 0 Å². The molecule has 198 valence electrons. The zero-order valence-electron chi connectivity index (χ0n) is 21.5. The van der Waals surface area contributed by atoms with Gasteiger partial charge in [-0.15, -0.1) is 0 Å². The van der Waals surface area contributed by atoms with Crippen molar-refractivity contribution in [3.63, 3.8) is 0 Å². The summed E-state index contributed by atoms with van der Waals surface area (Å²) in [5.74, 6) is -2.44. The molecule has 5 heterocycles. The molecule has 1 fully saturated rings. The lowest BCUT2D eigenvalue weighted by molar-refractivity contribution is 0.0131. The van der Waals surface area contributed by atoms with Crippen molar-refractivity contribution >= 4 is 34.7 Å². The monoisotopic (exact) mass is 526 g/mol. The Hall–Kier alpha value is -4.57. The van der Waals surface area contributed by atoms with Gasteiger partial charge in [0.25, 0.3) is 5.92 Å². The molecule has 0 aromatic carbocycles. The Morgan fingerprint density at radius 2 is 2.08 bits per heavy atom. The van der Waals surface area contributed by atoms with Gasteiger partial charge in [0.2, 0.25) is 0 Å². The molecule has 4 N–H and O–H groups in total. The van der Waals surface area contributed by atoms with Gasteiger partial charge in [-0.25, -0.2) is 13.8 Å². The van der Waals surface area contributed by atoms with E-state index in [4.69, 9.17) is 11.1 Å². The second kappa shape index (κ2) is 10.7. The number of pyridine rings is 3. The molecule has 0 amide bonds. The lowest BCUT2D eigenvalue weighted by atomic mass is 10.0. The number of likely N-dealkylation sites (tertiary alicyclic amines) is 1. The Labute approximate surface area is 224 Å². The summed E-state index contributed by atoms with van der Waals surface area (Å²) in [7, 11) is 0. The summed E-state index contributed by atoms with van der Waals surface area (Å²) in [5, 5.41) is 9.79. The van der Waals surface area contributed by atoms with E-state index in [0.717, 1.165) is 22.2 Å². The maximum absolute atomic E-state index is 13.6. The lowest BCUT2D eigenvalue weighted by Crippen LogP contribution is -2.26. The number of nitrogens with two attached hydrogens (primary N) is 1. The highest BCUT2D eigenvalue weighted by Crippen LogP contribution is 2.30. The van der Waals surface area contributed by atoms with E-state index in [9.17, 15) is 8.78 Å². The van der Waals surface area contributed by atoms with Crippen molar-refractivity contribution in [3.05, 3.63) is 89.7 Å². The molecule has 0 atom stereocenters. The Morgan fingerprint density at radius 3 is 2.79 bits per heavy atom. The van der Waals surface area contributed by atoms with Crippen molar-refractivity contribution in [2.75, 3.05) is 25.4 Å². The van der Waals surface area contributed by atoms with Crippen LogP contribution in [0.3, 0.4) is 0 Å². The molecule has 1 aliphatic rings. The normalized spacial score (nSPS) is 16.1. The van der Waals surface area contributed by atoms with Crippen molar-refractivity contribution in [3.8, 4) is 11.4 Å². The Bertz CT molecular complexity index is 1600. The van der Waals surface area contributed by atoms with Crippen LogP contribution < -0.4 is 5.73 Å². The second-order valence-corrected chi connectivity index (χ2v) is 9.62. The number of aromatic nitrogens is 4. The lowest BCUT2D eigenvalue weighted by Gasteiger charge is -2.16. The van der Waals surface area contributed by atoms with Gasteiger partial charge in [-0.05, 0) is 44.0 Å². The minimum Gasteiger partial charge on any atom is -0.383 e. The van der Waals surface area contributed by atoms with Crippen LogP contribution >= 0.6 is 0 Å². The van der Waals surface area contributed by atoms with Gasteiger partial charge in [0.15, 0.2) is 0 Å². The van der Waals surface area contributed by atoms with Gasteiger partial charge in [-0.1, -0.05) is 17.7 Å². The molecule has 39 heavy (non-hydrogen) atoms. The number of halogens is 2. The Morgan fingerprint density at radius 1 is 1.23 bits per heavy atom. The van der Waals surface area contributed by atoms with E-state index in [-0.39, 0.29) is 24.5 Å². The average molecular weight is 527 g/mol. The van der Waals surface area contributed by atoms with E-state index in [1.54, 1.807) is 35.8 Å². The summed E-state index contributed by atoms with van der Waals surface area (Å²) < 4.78 is 27.2. The van der Waals surface area contributed by atoms with E-state index < -0.39 is 5.92 Å². The Balaban J connectivity index is 1.45. The van der Waals surface area contributed by atoms with Crippen molar-refractivity contribution in [2.45, 2.75) is 19.3 Å². The number of nitrogen functional groups attached to an aromatic ring is 1. The Kier molecular flexibility index (Phi) is 7.12. The number of H-pyrrole nitrogens is 1. The fourth-order valence-electron chi connectivity index (χ4n) is 4.77. The van der Waals surface area contributed by atoms with Crippen LogP contribution in [0.5, 0.6) is 0 Å². The maximum Gasteiger partial charge on any atom is 0.261 e. The van der Waals surface area contributed by atoms with Gasteiger partial charge in [-0.2, -0.15) is 0 Å². The number of nitrogens with one attached hydrogen (secondary N) is 2. The number of alkyl halides is 2. The molecule has 0 unspecified atom stereocenters. The van der Waals surface area contributed by atoms with Gasteiger partial charge in [0, 0.05) is 71.9 Å². The molecule has 10 heteroatoms. The van der Waals surface area contributed by atoms with Crippen LogP contribution in [-0.4, -0.2) is 62.8 Å². The molecule has 0 radical (unpaired) electrons. The molecular formula is C29H28F2N8. The minimum absolute atomic E-state index is 0.127. The number of hydrogen-bond donors (Lipinski definition) is 3. The van der Waals surface area contributed by atoms with Gasteiger partial charge in [0.05, 0.1) is 29.3 Å². The van der Waals surface area contributed by atoms with Crippen LogP contribution in [0, 0.1) is 5.41 Å². The highest BCUT2D eigenvalue weighted by molar-refractivity contribution is 6.15. The van der Waals surface area contributed by atoms with Crippen LogP contribution in [0.1, 0.15) is 30.2 Å². The predicted molar refractivity (Wildman–Crippen MR) is 151 cm³/mol. The molecule has 0 bridgehead atoms. The summed E-state index contributed by atoms with van der Waals surface area (Å²) in [6, 6.07) is 11.1. The zero-order valence-corrected chi connectivity index (χ0v) is 21.5. The standard InChI is InChI=1S/C29H28F2N8/c1-18(16-39-10-7-29(30,31)17-39)11-19(14-34-2)20-12-22(28(33)37-15-20)26(32)25-13-21-23(38-25)6-9-36-27(21)24-5-3-4-8-35-24/h3-6,8-9,11-15,32,38H,2,7,10,16-17H2,1H3,(H2,33,37)/b18-11+,19-14+,32-26?. The number of nitrogens with zero attached hydrogens (tertiary/aromatic N) is 5. The fourth-order valence-corrected chi connectivity index (χ4v) is 4.77. The first kappa shape index (κ1) is 26.1. The quantitative estimate of drug-likeness (QED) is 0.211. The minimum atomic E-state index is -2.64. The number of anilines is 1.